The molecule has 2 aromatic heterocycles. The summed E-state index contributed by atoms with van der Waals surface area (Å²) >= 11 is 1.65. The van der Waals surface area contributed by atoms with E-state index >= 15 is 0 Å². The SMILES string of the molecule is Cc1ccc(C)c(-c2nc3c(N4CCOCC4)nc(C)nc3s2)c1. The standard InChI is InChI=1S/C18H20N4OS/c1-11-4-5-12(2)14(10-11)17-21-15-16(22-6-8-23-9-7-22)19-13(3)20-18(15)24-17/h4-5,10H,6-9H2,1-3H3. The molecule has 1 saturated heterocycles. The molecule has 0 spiro atoms. The van der Waals surface area contributed by atoms with Crippen molar-refractivity contribution in [2.45, 2.75) is 20.8 Å². The summed E-state index contributed by atoms with van der Waals surface area (Å²) in [5.74, 6) is 1.73. The largest absolute Gasteiger partial charge is 0.378 e. The van der Waals surface area contributed by atoms with Gasteiger partial charge in [-0.25, -0.2) is 15.0 Å². The summed E-state index contributed by atoms with van der Waals surface area (Å²) in [7, 11) is 0. The Labute approximate surface area is 145 Å². The van der Waals surface area contributed by atoms with Crippen LogP contribution in [0.4, 0.5) is 5.82 Å². The highest BCUT2D eigenvalue weighted by Crippen LogP contribution is 2.35. The zero-order valence-corrected chi connectivity index (χ0v) is 15.0. The van der Waals surface area contributed by atoms with E-state index in [9.17, 15) is 0 Å². The second-order valence-electron chi connectivity index (χ2n) is 6.19. The van der Waals surface area contributed by atoms with Crippen LogP contribution in [0.3, 0.4) is 0 Å². The Morgan fingerprint density at radius 1 is 1.04 bits per heavy atom. The predicted molar refractivity (Wildman–Crippen MR) is 97.9 cm³/mol. The monoisotopic (exact) mass is 340 g/mol. The number of ether oxygens (including phenoxy) is 1. The number of anilines is 1. The molecule has 0 radical (unpaired) electrons. The zero-order chi connectivity index (χ0) is 16.7. The van der Waals surface area contributed by atoms with E-state index in [1.54, 1.807) is 11.3 Å². The fourth-order valence-corrected chi connectivity index (χ4v) is 4.05. The maximum Gasteiger partial charge on any atom is 0.160 e. The maximum atomic E-state index is 5.46. The number of benzene rings is 1. The van der Waals surface area contributed by atoms with E-state index in [2.05, 4.69) is 46.9 Å². The van der Waals surface area contributed by atoms with Gasteiger partial charge in [0.05, 0.1) is 13.2 Å². The van der Waals surface area contributed by atoms with Crippen molar-refractivity contribution < 1.29 is 4.74 Å². The number of thiazole rings is 1. The lowest BCUT2D eigenvalue weighted by Gasteiger charge is -2.27. The molecule has 0 aliphatic carbocycles. The quantitative estimate of drug-likeness (QED) is 0.714. The van der Waals surface area contributed by atoms with E-state index in [0.29, 0.717) is 0 Å². The maximum absolute atomic E-state index is 5.46. The van der Waals surface area contributed by atoms with Crippen LogP contribution in [0.1, 0.15) is 17.0 Å². The molecule has 3 heterocycles. The first-order chi connectivity index (χ1) is 11.6. The van der Waals surface area contributed by atoms with Crippen LogP contribution in [0.15, 0.2) is 18.2 Å². The normalized spacial score (nSPS) is 15.2. The van der Waals surface area contributed by atoms with Crippen LogP contribution in [-0.2, 0) is 4.74 Å². The van der Waals surface area contributed by atoms with Gasteiger partial charge in [-0.1, -0.05) is 29.0 Å². The zero-order valence-electron chi connectivity index (χ0n) is 14.2. The fraction of sp³-hybridized carbons (Fsp3) is 0.389. The average molecular weight is 340 g/mol. The van der Waals surface area contributed by atoms with Crippen LogP contribution >= 0.6 is 11.3 Å². The second kappa shape index (κ2) is 6.11. The van der Waals surface area contributed by atoms with Crippen molar-refractivity contribution in [1.29, 1.82) is 0 Å². The van der Waals surface area contributed by atoms with Crippen molar-refractivity contribution in [3.63, 3.8) is 0 Å². The molecule has 0 bridgehead atoms. The highest BCUT2D eigenvalue weighted by Gasteiger charge is 2.20. The molecule has 0 atom stereocenters. The smallest absolute Gasteiger partial charge is 0.160 e. The number of morpholine rings is 1. The van der Waals surface area contributed by atoms with Crippen molar-refractivity contribution in [3.05, 3.63) is 35.2 Å². The summed E-state index contributed by atoms with van der Waals surface area (Å²) in [6, 6.07) is 6.48. The summed E-state index contributed by atoms with van der Waals surface area (Å²) in [4.78, 5) is 17.4. The minimum absolute atomic E-state index is 0.735. The Balaban J connectivity index is 1.87. The van der Waals surface area contributed by atoms with Gasteiger partial charge in [0, 0.05) is 18.7 Å². The molecule has 1 aromatic carbocycles. The lowest BCUT2D eigenvalue weighted by atomic mass is 10.1. The molecule has 1 aliphatic heterocycles. The third kappa shape index (κ3) is 2.76. The first kappa shape index (κ1) is 15.5. The summed E-state index contributed by atoms with van der Waals surface area (Å²) in [6.45, 7) is 9.35. The summed E-state index contributed by atoms with van der Waals surface area (Å²) < 4.78 is 5.46. The van der Waals surface area contributed by atoms with Gasteiger partial charge in [-0.05, 0) is 32.4 Å². The molecular weight excluding hydrogens is 320 g/mol. The third-order valence-electron chi connectivity index (χ3n) is 4.29. The molecule has 3 aromatic rings. The van der Waals surface area contributed by atoms with Crippen LogP contribution in [0.5, 0.6) is 0 Å². The van der Waals surface area contributed by atoms with Gasteiger partial charge in [-0.3, -0.25) is 0 Å². The second-order valence-corrected chi connectivity index (χ2v) is 7.16. The molecule has 4 rings (SSSR count). The number of rotatable bonds is 2. The van der Waals surface area contributed by atoms with Crippen LogP contribution in [-0.4, -0.2) is 41.3 Å². The molecule has 0 amide bonds. The number of fused-ring (bicyclic) bond motifs is 1. The van der Waals surface area contributed by atoms with Crippen LogP contribution in [0.2, 0.25) is 0 Å². The molecule has 0 N–H and O–H groups in total. The Hall–Kier alpha value is -2.05. The van der Waals surface area contributed by atoms with E-state index in [-0.39, 0.29) is 0 Å². The highest BCUT2D eigenvalue weighted by molar-refractivity contribution is 7.21. The molecule has 6 heteroatoms. The lowest BCUT2D eigenvalue weighted by Crippen LogP contribution is -2.37. The van der Waals surface area contributed by atoms with Gasteiger partial charge >= 0.3 is 0 Å². The van der Waals surface area contributed by atoms with Crippen LogP contribution < -0.4 is 4.90 Å². The van der Waals surface area contributed by atoms with Gasteiger partial charge in [-0.2, -0.15) is 0 Å². The third-order valence-corrected chi connectivity index (χ3v) is 5.27. The van der Waals surface area contributed by atoms with Gasteiger partial charge in [0.15, 0.2) is 5.82 Å². The van der Waals surface area contributed by atoms with E-state index in [0.717, 1.165) is 53.3 Å². The van der Waals surface area contributed by atoms with Crippen molar-refractivity contribution in [2.75, 3.05) is 31.2 Å². The van der Waals surface area contributed by atoms with E-state index < -0.39 is 0 Å². The number of aryl methyl sites for hydroxylation is 3. The Morgan fingerprint density at radius 2 is 1.83 bits per heavy atom. The molecule has 5 nitrogen and oxygen atoms in total. The van der Waals surface area contributed by atoms with E-state index in [4.69, 9.17) is 9.72 Å². The highest BCUT2D eigenvalue weighted by atomic mass is 32.1. The van der Waals surface area contributed by atoms with Crippen LogP contribution in [0.25, 0.3) is 20.9 Å². The molecule has 24 heavy (non-hydrogen) atoms. The number of hydrogen-bond donors (Lipinski definition) is 0. The average Bonchev–Trinajstić information content (AvgIpc) is 3.00. The van der Waals surface area contributed by atoms with Gasteiger partial charge in [-0.15, -0.1) is 0 Å². The first-order valence-electron chi connectivity index (χ1n) is 8.17. The summed E-state index contributed by atoms with van der Waals surface area (Å²) in [6.07, 6.45) is 0. The van der Waals surface area contributed by atoms with Crippen LogP contribution in [0, 0.1) is 20.8 Å². The number of hydrogen-bond acceptors (Lipinski definition) is 6. The molecule has 1 fully saturated rings. The minimum atomic E-state index is 0.735. The van der Waals surface area contributed by atoms with E-state index in [1.165, 1.54) is 16.7 Å². The first-order valence-corrected chi connectivity index (χ1v) is 8.99. The molecule has 0 unspecified atom stereocenters. The summed E-state index contributed by atoms with van der Waals surface area (Å²) in [5, 5.41) is 1.01. The van der Waals surface area contributed by atoms with Crippen molar-refractivity contribution in [2.24, 2.45) is 0 Å². The molecule has 1 aliphatic rings. The predicted octanol–water partition coefficient (Wildman–Crippen LogP) is 3.52. The van der Waals surface area contributed by atoms with Gasteiger partial charge < -0.3 is 9.64 Å². The Bertz CT molecular complexity index is 899. The van der Waals surface area contributed by atoms with Gasteiger partial charge in [0.2, 0.25) is 0 Å². The summed E-state index contributed by atoms with van der Waals surface area (Å²) in [5.41, 5.74) is 4.56. The number of aromatic nitrogens is 3. The fourth-order valence-electron chi connectivity index (χ4n) is 2.99. The Kier molecular flexibility index (Phi) is 3.94. The van der Waals surface area contributed by atoms with Gasteiger partial charge in [0.1, 0.15) is 21.2 Å². The van der Waals surface area contributed by atoms with Crippen molar-refractivity contribution in [3.8, 4) is 10.6 Å². The molecule has 0 saturated carbocycles. The van der Waals surface area contributed by atoms with Crippen molar-refractivity contribution >= 4 is 27.5 Å². The topological polar surface area (TPSA) is 51.1 Å². The molecule has 124 valence electrons. The van der Waals surface area contributed by atoms with Gasteiger partial charge in [0.25, 0.3) is 0 Å². The molecular formula is C18H20N4OS. The lowest BCUT2D eigenvalue weighted by molar-refractivity contribution is 0.122. The van der Waals surface area contributed by atoms with E-state index in [1.807, 2.05) is 6.92 Å². The number of nitrogens with zero attached hydrogens (tertiary/aromatic N) is 4. The minimum Gasteiger partial charge on any atom is -0.378 e. The Morgan fingerprint density at radius 3 is 2.62 bits per heavy atom. The van der Waals surface area contributed by atoms with Crippen molar-refractivity contribution in [1.82, 2.24) is 15.0 Å².